The van der Waals surface area contributed by atoms with Crippen LogP contribution in [0.1, 0.15) is 41.5 Å². The van der Waals surface area contributed by atoms with E-state index in [2.05, 4.69) is 20.8 Å². The molecule has 23 heavy (non-hydrogen) atoms. The van der Waals surface area contributed by atoms with Gasteiger partial charge in [0.1, 0.15) is 18.0 Å². The molecule has 0 saturated carbocycles. The molecule has 0 aliphatic carbocycles. The van der Waals surface area contributed by atoms with E-state index < -0.39 is 14.4 Å². The number of para-hydroxylation sites is 2. The van der Waals surface area contributed by atoms with Crippen LogP contribution in [-0.2, 0) is 4.57 Å². The number of hydrogen-bond acceptors (Lipinski definition) is 3. The lowest BCUT2D eigenvalue weighted by atomic mass is 10.3. The quantitative estimate of drug-likeness (QED) is 0.690. The van der Waals surface area contributed by atoms with Gasteiger partial charge in [0.15, 0.2) is 0 Å². The number of fused-ring (bicyclic) bond motifs is 1. The van der Waals surface area contributed by atoms with Crippen LogP contribution in [0.5, 0.6) is 0 Å². The first-order valence-electron chi connectivity index (χ1n) is 7.67. The Balaban J connectivity index is 2.83. The topological polar surface area (TPSA) is 42.9 Å². The summed E-state index contributed by atoms with van der Waals surface area (Å²) in [5.41, 5.74) is 2.89. The SMILES string of the molecule is CC(C)(C)P(Cl)c1nc2ccccc2nc1[P@@](C)(=O)C(C)(C)C. The molecule has 1 aromatic carbocycles. The zero-order chi connectivity index (χ0) is 17.6. The van der Waals surface area contributed by atoms with E-state index in [1.54, 1.807) is 6.66 Å². The minimum atomic E-state index is -2.74. The molecule has 0 amide bonds. The molecule has 2 atom stereocenters. The lowest BCUT2D eigenvalue weighted by molar-refractivity contribution is 0.560. The van der Waals surface area contributed by atoms with Gasteiger partial charge in [0.25, 0.3) is 0 Å². The monoisotopic (exact) mass is 370 g/mol. The molecule has 0 radical (unpaired) electrons. The molecule has 2 rings (SSSR count). The average molecular weight is 371 g/mol. The van der Waals surface area contributed by atoms with Gasteiger partial charge in [-0.3, -0.25) is 0 Å². The van der Waals surface area contributed by atoms with Gasteiger partial charge in [-0.1, -0.05) is 64.9 Å². The lowest BCUT2D eigenvalue weighted by Gasteiger charge is -2.32. The minimum absolute atomic E-state index is 0.138. The normalized spacial score (nSPS) is 17.0. The van der Waals surface area contributed by atoms with Crippen molar-refractivity contribution < 1.29 is 4.57 Å². The summed E-state index contributed by atoms with van der Waals surface area (Å²) in [6.45, 7) is 14.0. The largest absolute Gasteiger partial charge is 0.317 e. The maximum absolute atomic E-state index is 13.6. The van der Waals surface area contributed by atoms with E-state index in [-0.39, 0.29) is 10.3 Å². The number of nitrogens with zero attached hydrogens (tertiary/aromatic N) is 2. The zero-order valence-corrected chi connectivity index (χ0v) is 17.4. The second-order valence-corrected chi connectivity index (χ2v) is 14.9. The van der Waals surface area contributed by atoms with Crippen LogP contribution in [0, 0.1) is 0 Å². The van der Waals surface area contributed by atoms with E-state index in [0.717, 1.165) is 11.0 Å². The lowest BCUT2D eigenvalue weighted by Crippen LogP contribution is -2.37. The van der Waals surface area contributed by atoms with Crippen molar-refractivity contribution in [1.29, 1.82) is 0 Å². The Morgan fingerprint density at radius 3 is 1.91 bits per heavy atom. The summed E-state index contributed by atoms with van der Waals surface area (Å²) in [5.74, 6) is 0. The van der Waals surface area contributed by atoms with Gasteiger partial charge in [-0.25, -0.2) is 9.97 Å². The van der Waals surface area contributed by atoms with Crippen molar-refractivity contribution in [2.45, 2.75) is 51.9 Å². The fourth-order valence-electron chi connectivity index (χ4n) is 2.03. The van der Waals surface area contributed by atoms with Crippen molar-refractivity contribution in [3.63, 3.8) is 0 Å². The number of hydrogen-bond donors (Lipinski definition) is 0. The van der Waals surface area contributed by atoms with Crippen LogP contribution in [0.3, 0.4) is 0 Å². The predicted octanol–water partition coefficient (Wildman–Crippen LogP) is 5.11. The highest BCUT2D eigenvalue weighted by Crippen LogP contribution is 2.57. The molecule has 0 saturated heterocycles. The van der Waals surface area contributed by atoms with Crippen LogP contribution in [0.15, 0.2) is 24.3 Å². The second-order valence-electron chi connectivity index (χ2n) is 7.91. The third-order valence-corrected chi connectivity index (χ3v) is 11.7. The summed E-state index contributed by atoms with van der Waals surface area (Å²) in [6.07, 6.45) is 0. The second kappa shape index (κ2) is 6.10. The number of halogens is 1. The van der Waals surface area contributed by atoms with Crippen LogP contribution in [0.2, 0.25) is 0 Å². The first kappa shape index (κ1) is 18.8. The van der Waals surface area contributed by atoms with Gasteiger partial charge in [-0.15, -0.1) is 0 Å². The van der Waals surface area contributed by atoms with Crippen molar-refractivity contribution >= 4 is 47.6 Å². The first-order chi connectivity index (χ1) is 10.4. The predicted molar refractivity (Wildman–Crippen MR) is 105 cm³/mol. The van der Waals surface area contributed by atoms with E-state index in [1.807, 2.05) is 45.0 Å². The fourth-order valence-corrected chi connectivity index (χ4v) is 5.86. The Morgan fingerprint density at radius 1 is 1.00 bits per heavy atom. The van der Waals surface area contributed by atoms with E-state index >= 15 is 0 Å². The molecule has 0 N–H and O–H groups in total. The number of rotatable bonds is 2. The van der Waals surface area contributed by atoms with Gasteiger partial charge in [0.2, 0.25) is 0 Å². The molecule has 0 aliphatic rings. The molecule has 3 nitrogen and oxygen atoms in total. The summed E-state index contributed by atoms with van der Waals surface area (Å²) in [4.78, 5) is 9.54. The van der Waals surface area contributed by atoms with Gasteiger partial charge in [-0.05, 0) is 18.8 Å². The third kappa shape index (κ3) is 3.63. The maximum Gasteiger partial charge on any atom is 0.137 e. The Kier molecular flexibility index (Phi) is 5.00. The Morgan fingerprint density at radius 2 is 1.48 bits per heavy atom. The highest BCUT2D eigenvalue weighted by atomic mass is 35.7. The molecule has 6 heteroatoms. The Hall–Kier alpha value is -0.490. The molecule has 1 aromatic heterocycles. The summed E-state index contributed by atoms with van der Waals surface area (Å²) in [5, 5.41) is -0.523. The van der Waals surface area contributed by atoms with Crippen molar-refractivity contribution in [2.75, 3.05) is 6.66 Å². The zero-order valence-electron chi connectivity index (χ0n) is 14.9. The molecule has 1 heterocycles. The van der Waals surface area contributed by atoms with Crippen LogP contribution in [-0.4, -0.2) is 26.9 Å². The summed E-state index contributed by atoms with van der Waals surface area (Å²) < 4.78 is 13.6. The number of benzene rings is 1. The van der Waals surface area contributed by atoms with Gasteiger partial charge >= 0.3 is 0 Å². The first-order valence-corrected chi connectivity index (χ1v) is 12.1. The van der Waals surface area contributed by atoms with Gasteiger partial charge in [-0.2, -0.15) is 0 Å². The fraction of sp³-hybridized carbons (Fsp3) is 0.529. The number of aromatic nitrogens is 2. The van der Waals surface area contributed by atoms with E-state index in [1.165, 1.54) is 0 Å². The van der Waals surface area contributed by atoms with E-state index in [4.69, 9.17) is 21.2 Å². The Labute approximate surface area is 145 Å². The highest BCUT2D eigenvalue weighted by molar-refractivity contribution is 7.92. The molecule has 0 spiro atoms. The van der Waals surface area contributed by atoms with Gasteiger partial charge in [0, 0.05) is 17.6 Å². The Bertz CT molecular complexity index is 778. The molecular weight excluding hydrogens is 346 g/mol. The van der Waals surface area contributed by atoms with Crippen LogP contribution in [0.4, 0.5) is 0 Å². The summed E-state index contributed by atoms with van der Waals surface area (Å²) in [6, 6.07) is 7.69. The molecule has 0 aliphatic heterocycles. The van der Waals surface area contributed by atoms with Crippen molar-refractivity contribution in [3.05, 3.63) is 24.3 Å². The standard InChI is InChI=1S/C17H25ClN2OP2/c1-16(2,3)22(18)14-15(23(7,21)17(4,5)6)20-13-11-9-8-10-12(13)19-14/h8-11H,1-7H3/t22?,23-/m1/s1. The minimum Gasteiger partial charge on any atom is -0.317 e. The summed E-state index contributed by atoms with van der Waals surface area (Å²) in [7, 11) is -3.83. The maximum atomic E-state index is 13.6. The molecule has 1 unspecified atom stereocenters. The van der Waals surface area contributed by atoms with Crippen molar-refractivity contribution in [3.8, 4) is 0 Å². The molecule has 0 bridgehead atoms. The van der Waals surface area contributed by atoms with Crippen molar-refractivity contribution in [2.24, 2.45) is 0 Å². The third-order valence-electron chi connectivity index (χ3n) is 3.99. The smallest absolute Gasteiger partial charge is 0.137 e. The molecular formula is C17H25ClN2OP2. The molecule has 0 fully saturated rings. The molecule has 2 aromatic rings. The molecule has 126 valence electrons. The van der Waals surface area contributed by atoms with E-state index in [9.17, 15) is 4.57 Å². The van der Waals surface area contributed by atoms with Crippen LogP contribution >= 0.6 is 25.7 Å². The highest BCUT2D eigenvalue weighted by Gasteiger charge is 2.40. The van der Waals surface area contributed by atoms with Crippen LogP contribution < -0.4 is 10.9 Å². The summed E-state index contributed by atoms with van der Waals surface area (Å²) >= 11 is 6.79. The van der Waals surface area contributed by atoms with Gasteiger partial charge < -0.3 is 4.57 Å². The average Bonchev–Trinajstić information content (AvgIpc) is 2.42. The van der Waals surface area contributed by atoms with E-state index in [0.29, 0.717) is 10.9 Å². The van der Waals surface area contributed by atoms with Crippen LogP contribution in [0.25, 0.3) is 11.0 Å². The van der Waals surface area contributed by atoms with Gasteiger partial charge in [0.05, 0.1) is 11.0 Å². The van der Waals surface area contributed by atoms with Crippen molar-refractivity contribution in [1.82, 2.24) is 9.97 Å².